The van der Waals surface area contributed by atoms with E-state index in [0.717, 1.165) is 16.1 Å². The van der Waals surface area contributed by atoms with Crippen molar-refractivity contribution in [3.63, 3.8) is 0 Å². The van der Waals surface area contributed by atoms with Crippen molar-refractivity contribution in [3.05, 3.63) is 20.8 Å². The molecule has 76 valence electrons. The van der Waals surface area contributed by atoms with Gasteiger partial charge in [-0.3, -0.25) is 0 Å². The first-order chi connectivity index (χ1) is 6.74. The number of hydrogen-bond donors (Lipinski definition) is 2. The highest BCUT2D eigenvalue weighted by molar-refractivity contribution is 9.10. The molecule has 0 aromatic carbocycles. The van der Waals surface area contributed by atoms with Crippen LogP contribution < -0.4 is 10.6 Å². The van der Waals surface area contributed by atoms with Crippen molar-refractivity contribution < 1.29 is 0 Å². The summed E-state index contributed by atoms with van der Waals surface area (Å²) in [7, 11) is 0. The normalized spacial score (nSPS) is 15.2. The van der Waals surface area contributed by atoms with Gasteiger partial charge >= 0.3 is 0 Å². The van der Waals surface area contributed by atoms with E-state index < -0.39 is 0 Å². The van der Waals surface area contributed by atoms with E-state index in [4.69, 9.17) is 12.2 Å². The second kappa shape index (κ2) is 4.59. The molecule has 0 unspecified atom stereocenters. The summed E-state index contributed by atoms with van der Waals surface area (Å²) in [5.74, 6) is 0. The molecule has 1 fully saturated rings. The first kappa shape index (κ1) is 10.4. The van der Waals surface area contributed by atoms with Crippen LogP contribution in [0.5, 0.6) is 0 Å². The van der Waals surface area contributed by atoms with Gasteiger partial charge in [-0.15, -0.1) is 11.3 Å². The maximum Gasteiger partial charge on any atom is 0.166 e. The van der Waals surface area contributed by atoms with Gasteiger partial charge in [0.25, 0.3) is 0 Å². The quantitative estimate of drug-likeness (QED) is 0.837. The molecule has 0 atom stereocenters. The SMILES string of the molecule is S=C(NCc1cc(Br)cs1)NC1CC1. The molecule has 2 N–H and O–H groups in total. The third-order valence-corrected chi connectivity index (χ3v) is 3.92. The van der Waals surface area contributed by atoms with Gasteiger partial charge in [0.1, 0.15) is 0 Å². The molecule has 5 heteroatoms. The summed E-state index contributed by atoms with van der Waals surface area (Å²) in [5.41, 5.74) is 0. The molecule has 2 nitrogen and oxygen atoms in total. The molecule has 0 bridgehead atoms. The zero-order valence-electron chi connectivity index (χ0n) is 7.55. The van der Waals surface area contributed by atoms with Crippen LogP contribution in [0.1, 0.15) is 17.7 Å². The fraction of sp³-hybridized carbons (Fsp3) is 0.444. The smallest absolute Gasteiger partial charge is 0.166 e. The van der Waals surface area contributed by atoms with Gasteiger partial charge < -0.3 is 10.6 Å². The highest BCUT2D eigenvalue weighted by Crippen LogP contribution is 2.20. The zero-order valence-corrected chi connectivity index (χ0v) is 10.8. The molecule has 1 saturated carbocycles. The third kappa shape index (κ3) is 3.22. The van der Waals surface area contributed by atoms with E-state index in [1.165, 1.54) is 17.7 Å². The second-order valence-electron chi connectivity index (χ2n) is 3.33. The molecule has 1 heterocycles. The Morgan fingerprint density at radius 2 is 2.43 bits per heavy atom. The molecule has 1 aromatic rings. The Balaban J connectivity index is 1.73. The summed E-state index contributed by atoms with van der Waals surface area (Å²) in [6, 6.07) is 2.74. The van der Waals surface area contributed by atoms with Gasteiger partial charge in [0.15, 0.2) is 5.11 Å². The van der Waals surface area contributed by atoms with Crippen molar-refractivity contribution in [1.29, 1.82) is 0 Å². The van der Waals surface area contributed by atoms with Crippen molar-refractivity contribution in [2.45, 2.75) is 25.4 Å². The Labute approximate surface area is 101 Å². The van der Waals surface area contributed by atoms with Gasteiger partial charge in [0.05, 0.1) is 6.54 Å². The average Bonchev–Trinajstić information content (AvgIpc) is 2.85. The molecule has 1 aromatic heterocycles. The maximum atomic E-state index is 5.15. The predicted molar refractivity (Wildman–Crippen MR) is 67.6 cm³/mol. The van der Waals surface area contributed by atoms with Crippen molar-refractivity contribution in [2.24, 2.45) is 0 Å². The van der Waals surface area contributed by atoms with Gasteiger partial charge in [0, 0.05) is 20.8 Å². The van der Waals surface area contributed by atoms with E-state index in [1.54, 1.807) is 11.3 Å². The average molecular weight is 291 g/mol. The van der Waals surface area contributed by atoms with Crippen LogP contribution in [-0.4, -0.2) is 11.2 Å². The molecule has 0 aliphatic heterocycles. The summed E-state index contributed by atoms with van der Waals surface area (Å²) in [6.07, 6.45) is 2.51. The highest BCUT2D eigenvalue weighted by Gasteiger charge is 2.21. The standard InChI is InChI=1S/C9H11BrN2S2/c10-6-3-8(14-5-6)4-11-9(13)12-7-1-2-7/h3,5,7H,1-2,4H2,(H2,11,12,13). The number of thiocarbonyl (C=S) groups is 1. The lowest BCUT2D eigenvalue weighted by Crippen LogP contribution is -2.35. The number of thiophene rings is 1. The van der Waals surface area contributed by atoms with Crippen LogP contribution in [0.4, 0.5) is 0 Å². The molecule has 1 aliphatic carbocycles. The summed E-state index contributed by atoms with van der Waals surface area (Å²) in [4.78, 5) is 1.29. The van der Waals surface area contributed by atoms with Crippen LogP contribution >= 0.6 is 39.5 Å². The lowest BCUT2D eigenvalue weighted by atomic mass is 10.5. The topological polar surface area (TPSA) is 24.1 Å². The number of halogens is 1. The highest BCUT2D eigenvalue weighted by atomic mass is 79.9. The van der Waals surface area contributed by atoms with Crippen LogP contribution in [0.25, 0.3) is 0 Å². The van der Waals surface area contributed by atoms with Crippen LogP contribution in [0.2, 0.25) is 0 Å². The Kier molecular flexibility index (Phi) is 3.41. The molecule has 0 spiro atoms. The Morgan fingerprint density at radius 1 is 1.64 bits per heavy atom. The van der Waals surface area contributed by atoms with Crippen LogP contribution in [-0.2, 0) is 6.54 Å². The molecule has 0 radical (unpaired) electrons. The molecular weight excluding hydrogens is 280 g/mol. The minimum atomic E-state index is 0.630. The monoisotopic (exact) mass is 290 g/mol. The van der Waals surface area contributed by atoms with Crippen LogP contribution in [0.3, 0.4) is 0 Å². The Morgan fingerprint density at radius 3 is 3.00 bits per heavy atom. The summed E-state index contributed by atoms with van der Waals surface area (Å²) < 4.78 is 1.14. The van der Waals surface area contributed by atoms with Crippen molar-refractivity contribution in [1.82, 2.24) is 10.6 Å². The van der Waals surface area contributed by atoms with Crippen molar-refractivity contribution in [2.75, 3.05) is 0 Å². The van der Waals surface area contributed by atoms with Gasteiger partial charge in [-0.1, -0.05) is 0 Å². The zero-order chi connectivity index (χ0) is 9.97. The van der Waals surface area contributed by atoms with E-state index >= 15 is 0 Å². The van der Waals surface area contributed by atoms with E-state index in [9.17, 15) is 0 Å². The fourth-order valence-electron chi connectivity index (χ4n) is 1.08. The van der Waals surface area contributed by atoms with Gasteiger partial charge in [-0.05, 0) is 47.1 Å². The lowest BCUT2D eigenvalue weighted by molar-refractivity contribution is 0.836. The first-order valence-electron chi connectivity index (χ1n) is 4.51. The minimum Gasteiger partial charge on any atom is -0.360 e. The third-order valence-electron chi connectivity index (χ3n) is 1.96. The molecule has 0 saturated heterocycles. The van der Waals surface area contributed by atoms with E-state index in [-0.39, 0.29) is 0 Å². The second-order valence-corrected chi connectivity index (χ2v) is 5.65. The molecular formula is C9H11BrN2S2. The van der Waals surface area contributed by atoms with E-state index in [2.05, 4.69) is 38.0 Å². The number of hydrogen-bond acceptors (Lipinski definition) is 2. The molecule has 0 amide bonds. The summed E-state index contributed by atoms with van der Waals surface area (Å²) in [6.45, 7) is 0.814. The largest absolute Gasteiger partial charge is 0.360 e. The first-order valence-corrected chi connectivity index (χ1v) is 6.59. The minimum absolute atomic E-state index is 0.630. The predicted octanol–water partition coefficient (Wildman–Crippen LogP) is 2.64. The van der Waals surface area contributed by atoms with Crippen molar-refractivity contribution in [3.8, 4) is 0 Å². The number of nitrogens with one attached hydrogen (secondary N) is 2. The molecule has 2 rings (SSSR count). The summed E-state index contributed by atoms with van der Waals surface area (Å²) >= 11 is 10.3. The van der Waals surface area contributed by atoms with E-state index in [1.807, 2.05) is 0 Å². The van der Waals surface area contributed by atoms with Crippen LogP contribution in [0, 0.1) is 0 Å². The summed E-state index contributed by atoms with van der Waals surface area (Å²) in [5, 5.41) is 9.29. The lowest BCUT2D eigenvalue weighted by Gasteiger charge is -2.07. The van der Waals surface area contributed by atoms with Gasteiger partial charge in [-0.2, -0.15) is 0 Å². The van der Waals surface area contributed by atoms with Gasteiger partial charge in [-0.25, -0.2) is 0 Å². The Hall–Kier alpha value is -0.130. The van der Waals surface area contributed by atoms with E-state index in [0.29, 0.717) is 6.04 Å². The Bertz CT molecular complexity index is 333. The molecule has 14 heavy (non-hydrogen) atoms. The van der Waals surface area contributed by atoms with Crippen molar-refractivity contribution >= 4 is 44.6 Å². The fourth-order valence-corrected chi connectivity index (χ4v) is 2.71. The van der Waals surface area contributed by atoms with Gasteiger partial charge in [0.2, 0.25) is 0 Å². The number of rotatable bonds is 3. The van der Waals surface area contributed by atoms with Crippen LogP contribution in [0.15, 0.2) is 15.9 Å². The molecule has 1 aliphatic rings. The maximum absolute atomic E-state index is 5.15.